The second kappa shape index (κ2) is 7.84. The van der Waals surface area contributed by atoms with E-state index in [1.807, 2.05) is 6.08 Å². The van der Waals surface area contributed by atoms with Crippen molar-refractivity contribution in [3.05, 3.63) is 51.8 Å². The first-order valence-electron chi connectivity index (χ1n) is 10.5. The molecular weight excluding hydrogens is 373 g/mol. The zero-order valence-electron chi connectivity index (χ0n) is 16.4. The SMILES string of the molecule is O=c1[nH]c(C2CCN(CC3=CC=C(F)CC3)C2)nn2c(C3CCOCC3)ncc12. The number of imidazole rings is 1. The van der Waals surface area contributed by atoms with Crippen LogP contribution in [-0.4, -0.2) is 57.3 Å². The Labute approximate surface area is 168 Å². The number of halogens is 1. The quantitative estimate of drug-likeness (QED) is 0.856. The van der Waals surface area contributed by atoms with Crippen LogP contribution < -0.4 is 5.56 Å². The lowest BCUT2D eigenvalue weighted by Crippen LogP contribution is -2.25. The molecule has 7 nitrogen and oxygen atoms in total. The van der Waals surface area contributed by atoms with Gasteiger partial charge in [-0.2, -0.15) is 5.10 Å². The fourth-order valence-electron chi connectivity index (χ4n) is 4.62. The molecule has 2 aromatic heterocycles. The maximum atomic E-state index is 13.2. The van der Waals surface area contributed by atoms with Gasteiger partial charge in [-0.3, -0.25) is 9.69 Å². The molecule has 3 aliphatic rings. The van der Waals surface area contributed by atoms with Crippen molar-refractivity contribution < 1.29 is 9.13 Å². The molecule has 8 heteroatoms. The average molecular weight is 399 g/mol. The van der Waals surface area contributed by atoms with Crippen molar-refractivity contribution in [2.24, 2.45) is 0 Å². The lowest BCUT2D eigenvalue weighted by atomic mass is 10.00. The van der Waals surface area contributed by atoms with Gasteiger partial charge in [-0.1, -0.05) is 11.6 Å². The molecule has 0 saturated carbocycles. The molecule has 5 rings (SSSR count). The van der Waals surface area contributed by atoms with Gasteiger partial charge in [0, 0.05) is 44.6 Å². The Bertz CT molecular complexity index is 1020. The number of allylic oxidation sites excluding steroid dienone is 3. The Morgan fingerprint density at radius 2 is 2.03 bits per heavy atom. The summed E-state index contributed by atoms with van der Waals surface area (Å²) in [6.45, 7) is 4.10. The van der Waals surface area contributed by atoms with Gasteiger partial charge in [0.15, 0.2) is 5.52 Å². The maximum absolute atomic E-state index is 13.2. The second-order valence-electron chi connectivity index (χ2n) is 8.30. The largest absolute Gasteiger partial charge is 0.381 e. The summed E-state index contributed by atoms with van der Waals surface area (Å²) in [5, 5.41) is 4.80. The minimum absolute atomic E-state index is 0.0382. The van der Waals surface area contributed by atoms with Gasteiger partial charge in [0.2, 0.25) is 0 Å². The zero-order chi connectivity index (χ0) is 19.8. The molecule has 2 fully saturated rings. The number of hydrogen-bond acceptors (Lipinski definition) is 5. The van der Waals surface area contributed by atoms with Crippen molar-refractivity contribution in [1.29, 1.82) is 0 Å². The van der Waals surface area contributed by atoms with Crippen molar-refractivity contribution in [3.63, 3.8) is 0 Å². The minimum atomic E-state index is -0.130. The van der Waals surface area contributed by atoms with Gasteiger partial charge in [0.05, 0.1) is 6.20 Å². The van der Waals surface area contributed by atoms with E-state index in [0.29, 0.717) is 11.9 Å². The summed E-state index contributed by atoms with van der Waals surface area (Å²) in [7, 11) is 0. The van der Waals surface area contributed by atoms with Crippen LogP contribution >= 0.6 is 0 Å². The Kier molecular flexibility index (Phi) is 5.05. The zero-order valence-corrected chi connectivity index (χ0v) is 16.4. The number of nitrogens with zero attached hydrogens (tertiary/aromatic N) is 4. The summed E-state index contributed by atoms with van der Waals surface area (Å²) in [6.07, 6.45) is 9.17. The molecule has 0 amide bonds. The molecule has 4 heterocycles. The molecule has 0 radical (unpaired) electrons. The number of ether oxygens (including phenoxy) is 1. The van der Waals surface area contributed by atoms with Gasteiger partial charge in [0.25, 0.3) is 5.56 Å². The van der Waals surface area contributed by atoms with Crippen molar-refractivity contribution in [1.82, 2.24) is 24.5 Å². The molecule has 2 aromatic rings. The number of aromatic amines is 1. The first-order valence-corrected chi connectivity index (χ1v) is 10.5. The standard InChI is InChI=1S/C21H26FN5O2/c22-17-3-1-14(2-4-17)12-26-8-5-16(13-26)19-24-21(28)18-11-23-20(27(18)25-19)15-6-9-29-10-7-15/h1,3,11,15-16H,2,4-10,12-13H2,(H,24,25,28). The van der Waals surface area contributed by atoms with E-state index in [0.717, 1.165) is 70.2 Å². The number of aromatic nitrogens is 4. The van der Waals surface area contributed by atoms with Gasteiger partial charge in [-0.05, 0) is 38.3 Å². The fourth-order valence-corrected chi connectivity index (χ4v) is 4.62. The van der Waals surface area contributed by atoms with Crippen LogP contribution in [0.1, 0.15) is 55.6 Å². The van der Waals surface area contributed by atoms with Crippen LogP contribution in [0.5, 0.6) is 0 Å². The van der Waals surface area contributed by atoms with Gasteiger partial charge in [-0.25, -0.2) is 13.9 Å². The third-order valence-corrected chi connectivity index (χ3v) is 6.30. The summed E-state index contributed by atoms with van der Waals surface area (Å²) in [5.41, 5.74) is 1.64. The van der Waals surface area contributed by atoms with Crippen LogP contribution in [0.4, 0.5) is 4.39 Å². The third kappa shape index (κ3) is 3.79. The predicted molar refractivity (Wildman–Crippen MR) is 107 cm³/mol. The fraction of sp³-hybridized carbons (Fsp3) is 0.571. The molecule has 0 bridgehead atoms. The smallest absolute Gasteiger partial charge is 0.276 e. The number of hydrogen-bond donors (Lipinski definition) is 1. The van der Waals surface area contributed by atoms with E-state index >= 15 is 0 Å². The molecule has 1 unspecified atom stereocenters. The van der Waals surface area contributed by atoms with Crippen molar-refractivity contribution in [2.45, 2.75) is 43.9 Å². The molecule has 2 saturated heterocycles. The topological polar surface area (TPSA) is 75.5 Å². The van der Waals surface area contributed by atoms with Crippen LogP contribution in [0.15, 0.2) is 34.5 Å². The Balaban J connectivity index is 1.36. The van der Waals surface area contributed by atoms with Crippen LogP contribution in [0.25, 0.3) is 5.52 Å². The van der Waals surface area contributed by atoms with Gasteiger partial charge in [0.1, 0.15) is 17.5 Å². The highest BCUT2D eigenvalue weighted by atomic mass is 19.1. The van der Waals surface area contributed by atoms with Gasteiger partial charge < -0.3 is 9.72 Å². The van der Waals surface area contributed by atoms with Gasteiger partial charge in [-0.15, -0.1) is 0 Å². The average Bonchev–Trinajstić information content (AvgIpc) is 3.38. The minimum Gasteiger partial charge on any atom is -0.381 e. The number of fused-ring (bicyclic) bond motifs is 1. The first-order chi connectivity index (χ1) is 14.2. The normalized spacial score (nSPS) is 24.1. The van der Waals surface area contributed by atoms with E-state index in [1.54, 1.807) is 16.8 Å². The molecular formula is C21H26FN5O2. The maximum Gasteiger partial charge on any atom is 0.276 e. The predicted octanol–water partition coefficient (Wildman–Crippen LogP) is 2.67. The van der Waals surface area contributed by atoms with E-state index in [2.05, 4.69) is 14.9 Å². The highest BCUT2D eigenvalue weighted by Gasteiger charge is 2.28. The second-order valence-corrected chi connectivity index (χ2v) is 8.30. The van der Waals surface area contributed by atoms with Crippen molar-refractivity contribution in [3.8, 4) is 0 Å². The molecule has 2 aliphatic heterocycles. The van der Waals surface area contributed by atoms with Crippen LogP contribution in [0.2, 0.25) is 0 Å². The summed E-state index contributed by atoms with van der Waals surface area (Å²) in [4.78, 5) is 22.5. The van der Waals surface area contributed by atoms with E-state index in [4.69, 9.17) is 9.84 Å². The lowest BCUT2D eigenvalue weighted by molar-refractivity contribution is 0.0832. The molecule has 0 spiro atoms. The van der Waals surface area contributed by atoms with Crippen LogP contribution in [-0.2, 0) is 4.74 Å². The third-order valence-electron chi connectivity index (χ3n) is 6.30. The molecule has 0 aromatic carbocycles. The number of H-pyrrole nitrogens is 1. The molecule has 1 atom stereocenters. The Morgan fingerprint density at radius 3 is 2.83 bits per heavy atom. The monoisotopic (exact) mass is 399 g/mol. The van der Waals surface area contributed by atoms with Gasteiger partial charge >= 0.3 is 0 Å². The number of nitrogens with one attached hydrogen (secondary N) is 1. The summed E-state index contributed by atoms with van der Waals surface area (Å²) >= 11 is 0. The Hall–Kier alpha value is -2.32. The molecule has 1 N–H and O–H groups in total. The summed E-state index contributed by atoms with van der Waals surface area (Å²) < 4.78 is 20.4. The summed E-state index contributed by atoms with van der Waals surface area (Å²) in [5.74, 6) is 2.03. The molecule has 1 aliphatic carbocycles. The van der Waals surface area contributed by atoms with E-state index in [9.17, 15) is 9.18 Å². The highest BCUT2D eigenvalue weighted by molar-refractivity contribution is 5.42. The van der Waals surface area contributed by atoms with E-state index < -0.39 is 0 Å². The molecule has 154 valence electrons. The summed E-state index contributed by atoms with van der Waals surface area (Å²) in [6, 6.07) is 0. The highest BCUT2D eigenvalue weighted by Crippen LogP contribution is 2.28. The first kappa shape index (κ1) is 18.7. The Morgan fingerprint density at radius 1 is 1.17 bits per heavy atom. The lowest BCUT2D eigenvalue weighted by Gasteiger charge is -2.21. The number of likely N-dealkylation sites (tertiary alicyclic amines) is 1. The van der Waals surface area contributed by atoms with Crippen molar-refractivity contribution in [2.75, 3.05) is 32.8 Å². The molecule has 29 heavy (non-hydrogen) atoms. The van der Waals surface area contributed by atoms with Crippen LogP contribution in [0, 0.1) is 0 Å². The van der Waals surface area contributed by atoms with E-state index in [1.165, 1.54) is 5.57 Å². The van der Waals surface area contributed by atoms with Crippen LogP contribution in [0.3, 0.4) is 0 Å². The number of rotatable bonds is 4. The van der Waals surface area contributed by atoms with E-state index in [-0.39, 0.29) is 23.2 Å². The van der Waals surface area contributed by atoms with Crippen molar-refractivity contribution >= 4 is 5.52 Å².